The smallest absolute Gasteiger partial charge is 0.233 e. The molecule has 0 unspecified atom stereocenters. The number of nitrogens with one attached hydrogen (secondary N) is 2. The molecule has 136 valence electrons. The minimum atomic E-state index is -3.15. The van der Waals surface area contributed by atoms with Crippen molar-refractivity contribution in [1.82, 2.24) is 10.2 Å². The first-order valence-electron chi connectivity index (χ1n) is 8.05. The van der Waals surface area contributed by atoms with Gasteiger partial charge in [-0.3, -0.25) is 9.59 Å². The Labute approximate surface area is 151 Å². The highest BCUT2D eigenvalue weighted by molar-refractivity contribution is 7.91. The van der Waals surface area contributed by atoms with E-state index in [2.05, 4.69) is 10.6 Å². The monoisotopic (exact) mass is 385 g/mol. The van der Waals surface area contributed by atoms with Gasteiger partial charge in [0.15, 0.2) is 9.84 Å². The molecule has 1 aromatic rings. The fourth-order valence-electron chi connectivity index (χ4n) is 3.35. The summed E-state index contributed by atoms with van der Waals surface area (Å²) in [7, 11) is -3.15. The van der Waals surface area contributed by atoms with Gasteiger partial charge in [-0.25, -0.2) is 8.42 Å². The van der Waals surface area contributed by atoms with Gasteiger partial charge < -0.3 is 15.5 Å². The van der Waals surface area contributed by atoms with E-state index in [-0.39, 0.29) is 29.9 Å². The number of amides is 2. The van der Waals surface area contributed by atoms with Crippen molar-refractivity contribution in [1.29, 1.82) is 0 Å². The van der Waals surface area contributed by atoms with E-state index in [9.17, 15) is 18.0 Å². The molecule has 2 aliphatic rings. The van der Waals surface area contributed by atoms with Gasteiger partial charge in [-0.15, -0.1) is 0 Å². The lowest BCUT2D eigenvalue weighted by molar-refractivity contribution is -0.137. The fraction of sp³-hybridized carbons (Fsp3) is 0.500. The Hall–Kier alpha value is -1.64. The fourth-order valence-corrected chi connectivity index (χ4v) is 5.48. The zero-order valence-corrected chi connectivity index (χ0v) is 15.4. The molecule has 2 N–H and O–H groups in total. The molecule has 2 amide bonds. The number of hydrogen-bond donors (Lipinski definition) is 2. The number of benzene rings is 1. The van der Waals surface area contributed by atoms with E-state index in [1.807, 2.05) is 0 Å². The van der Waals surface area contributed by atoms with Crippen molar-refractivity contribution in [3.05, 3.63) is 28.8 Å². The van der Waals surface area contributed by atoms with E-state index < -0.39 is 21.8 Å². The van der Waals surface area contributed by atoms with Crippen LogP contribution >= 0.6 is 11.6 Å². The molecule has 2 heterocycles. The number of rotatable bonds is 3. The summed E-state index contributed by atoms with van der Waals surface area (Å²) in [6, 6.07) is 4.51. The molecule has 0 radical (unpaired) electrons. The molecule has 25 heavy (non-hydrogen) atoms. The number of fused-ring (bicyclic) bond motifs is 1. The summed E-state index contributed by atoms with van der Waals surface area (Å²) in [6.07, 6.45) is -0.324. The number of halogens is 1. The molecular weight excluding hydrogens is 366 g/mol. The van der Waals surface area contributed by atoms with E-state index in [0.717, 1.165) is 5.56 Å². The summed E-state index contributed by atoms with van der Waals surface area (Å²) < 4.78 is 23.7. The summed E-state index contributed by atoms with van der Waals surface area (Å²) in [5.41, 5.74) is 1.29. The SMILES string of the molecule is Cc1c(Cl)cccc1NC(=O)CC(=O)N1CCN[C@H]2CS(=O)(=O)C[C@H]21. The molecule has 0 aliphatic carbocycles. The van der Waals surface area contributed by atoms with E-state index in [1.165, 1.54) is 4.90 Å². The van der Waals surface area contributed by atoms with Crippen molar-refractivity contribution in [2.75, 3.05) is 29.9 Å². The molecule has 0 spiro atoms. The Morgan fingerprint density at radius 1 is 1.36 bits per heavy atom. The molecule has 0 aromatic heterocycles. The van der Waals surface area contributed by atoms with E-state index >= 15 is 0 Å². The normalized spacial score (nSPS) is 24.6. The zero-order chi connectivity index (χ0) is 18.2. The van der Waals surface area contributed by atoms with Gasteiger partial charge in [-0.2, -0.15) is 0 Å². The van der Waals surface area contributed by atoms with Crippen molar-refractivity contribution >= 4 is 38.9 Å². The van der Waals surface area contributed by atoms with Gasteiger partial charge in [0, 0.05) is 29.8 Å². The molecule has 0 saturated carbocycles. The second-order valence-corrected chi connectivity index (χ2v) is 8.99. The molecule has 0 bridgehead atoms. The second kappa shape index (κ2) is 6.93. The highest BCUT2D eigenvalue weighted by atomic mass is 35.5. The maximum absolute atomic E-state index is 12.5. The van der Waals surface area contributed by atoms with E-state index in [0.29, 0.717) is 23.8 Å². The summed E-state index contributed by atoms with van der Waals surface area (Å²) in [5.74, 6) is -0.807. The maximum atomic E-state index is 12.5. The average molecular weight is 386 g/mol. The summed E-state index contributed by atoms with van der Waals surface area (Å²) in [5, 5.41) is 6.36. The van der Waals surface area contributed by atoms with Crippen LogP contribution in [0.15, 0.2) is 18.2 Å². The number of nitrogens with zero attached hydrogens (tertiary/aromatic N) is 1. The molecule has 9 heteroatoms. The lowest BCUT2D eigenvalue weighted by Gasteiger charge is -2.37. The van der Waals surface area contributed by atoms with Crippen LogP contribution in [0, 0.1) is 6.92 Å². The molecule has 1 aromatic carbocycles. The number of carbonyl (C=O) groups excluding carboxylic acids is 2. The lowest BCUT2D eigenvalue weighted by Crippen LogP contribution is -2.59. The minimum absolute atomic E-state index is 0.0371. The quantitative estimate of drug-likeness (QED) is 0.742. The highest BCUT2D eigenvalue weighted by Crippen LogP contribution is 2.24. The van der Waals surface area contributed by atoms with Crippen LogP contribution in [0.25, 0.3) is 0 Å². The summed E-state index contributed by atoms with van der Waals surface area (Å²) in [6.45, 7) is 2.71. The third-order valence-electron chi connectivity index (χ3n) is 4.66. The summed E-state index contributed by atoms with van der Waals surface area (Å²) in [4.78, 5) is 26.3. The molecule has 3 rings (SSSR count). The van der Waals surface area contributed by atoms with Crippen LogP contribution in [0.3, 0.4) is 0 Å². The van der Waals surface area contributed by atoms with Crippen LogP contribution in [0.5, 0.6) is 0 Å². The van der Waals surface area contributed by atoms with Crippen LogP contribution in [-0.4, -0.2) is 61.8 Å². The first kappa shape index (κ1) is 18.2. The van der Waals surface area contributed by atoms with Gasteiger partial charge >= 0.3 is 0 Å². The van der Waals surface area contributed by atoms with Crippen molar-refractivity contribution in [2.24, 2.45) is 0 Å². The minimum Gasteiger partial charge on any atom is -0.335 e. The van der Waals surface area contributed by atoms with Gasteiger partial charge in [0.1, 0.15) is 6.42 Å². The third kappa shape index (κ3) is 3.96. The van der Waals surface area contributed by atoms with Crippen molar-refractivity contribution in [3.8, 4) is 0 Å². The number of hydrogen-bond acceptors (Lipinski definition) is 5. The van der Waals surface area contributed by atoms with E-state index in [4.69, 9.17) is 11.6 Å². The Kier molecular flexibility index (Phi) is 5.04. The molecular formula is C16H20ClN3O4S. The molecule has 2 fully saturated rings. The largest absolute Gasteiger partial charge is 0.335 e. The Bertz CT molecular complexity index is 812. The first-order valence-corrected chi connectivity index (χ1v) is 10.2. The van der Waals surface area contributed by atoms with Gasteiger partial charge in [0.2, 0.25) is 11.8 Å². The number of carbonyl (C=O) groups is 2. The van der Waals surface area contributed by atoms with Gasteiger partial charge in [-0.05, 0) is 24.6 Å². The first-order chi connectivity index (χ1) is 11.8. The summed E-state index contributed by atoms with van der Waals surface area (Å²) >= 11 is 6.02. The lowest BCUT2D eigenvalue weighted by atomic mass is 10.1. The maximum Gasteiger partial charge on any atom is 0.233 e. The topological polar surface area (TPSA) is 95.6 Å². The molecule has 7 nitrogen and oxygen atoms in total. The molecule has 2 saturated heterocycles. The highest BCUT2D eigenvalue weighted by Gasteiger charge is 2.44. The van der Waals surface area contributed by atoms with Gasteiger partial charge in [0.05, 0.1) is 17.5 Å². The predicted molar refractivity (Wildman–Crippen MR) is 95.4 cm³/mol. The van der Waals surface area contributed by atoms with Crippen LogP contribution in [0.2, 0.25) is 5.02 Å². The molecule has 2 aliphatic heterocycles. The number of piperazine rings is 1. The van der Waals surface area contributed by atoms with Crippen LogP contribution in [0.1, 0.15) is 12.0 Å². The Morgan fingerprint density at radius 2 is 2.12 bits per heavy atom. The number of anilines is 1. The van der Waals surface area contributed by atoms with Crippen molar-refractivity contribution in [2.45, 2.75) is 25.4 Å². The zero-order valence-electron chi connectivity index (χ0n) is 13.8. The predicted octanol–water partition coefficient (Wildman–Crippen LogP) is 0.574. The standard InChI is InChI=1S/C16H20ClN3O4S/c1-10-11(17)3-2-4-12(10)19-15(21)7-16(22)20-6-5-18-13-8-25(23,24)9-14(13)20/h2-4,13-14,18H,5-9H2,1H3,(H,19,21)/t13-,14+/m0/s1. The number of sulfone groups is 1. The van der Waals surface area contributed by atoms with Crippen LogP contribution in [0.4, 0.5) is 5.69 Å². The Morgan fingerprint density at radius 3 is 2.88 bits per heavy atom. The second-order valence-electron chi connectivity index (χ2n) is 6.43. The van der Waals surface area contributed by atoms with Crippen LogP contribution < -0.4 is 10.6 Å². The van der Waals surface area contributed by atoms with Crippen LogP contribution in [-0.2, 0) is 19.4 Å². The third-order valence-corrected chi connectivity index (χ3v) is 6.78. The Balaban J connectivity index is 1.65. The van der Waals surface area contributed by atoms with Gasteiger partial charge in [0.25, 0.3) is 0 Å². The average Bonchev–Trinajstić information content (AvgIpc) is 2.85. The van der Waals surface area contributed by atoms with Gasteiger partial charge in [-0.1, -0.05) is 17.7 Å². The van der Waals surface area contributed by atoms with Crippen molar-refractivity contribution in [3.63, 3.8) is 0 Å². The van der Waals surface area contributed by atoms with Crippen molar-refractivity contribution < 1.29 is 18.0 Å². The molecule has 2 atom stereocenters. The van der Waals surface area contributed by atoms with E-state index in [1.54, 1.807) is 25.1 Å².